The van der Waals surface area contributed by atoms with Crippen molar-refractivity contribution in [2.24, 2.45) is 0 Å². The molecule has 4 heteroatoms. The minimum absolute atomic E-state index is 0. The molecule has 17 heavy (non-hydrogen) atoms. The van der Waals surface area contributed by atoms with Crippen LogP contribution in [0.25, 0.3) is 0 Å². The van der Waals surface area contributed by atoms with Gasteiger partial charge in [-0.25, -0.2) is 0 Å². The van der Waals surface area contributed by atoms with Crippen LogP contribution >= 0.6 is 24.0 Å². The zero-order chi connectivity index (χ0) is 11.4. The van der Waals surface area contributed by atoms with Crippen LogP contribution in [0.3, 0.4) is 0 Å². The van der Waals surface area contributed by atoms with Gasteiger partial charge < -0.3 is 10.1 Å². The van der Waals surface area contributed by atoms with Gasteiger partial charge in [-0.2, -0.15) is 0 Å². The highest BCUT2D eigenvalue weighted by Gasteiger charge is 2.14. The molecule has 0 saturated carbocycles. The van der Waals surface area contributed by atoms with Crippen LogP contribution in [0.4, 0.5) is 0 Å². The average molecular weight is 276 g/mol. The van der Waals surface area contributed by atoms with Crippen molar-refractivity contribution in [3.05, 3.63) is 28.8 Å². The highest BCUT2D eigenvalue weighted by molar-refractivity contribution is 6.31. The smallest absolute Gasteiger partial charge is 0.120 e. The van der Waals surface area contributed by atoms with Gasteiger partial charge in [0.25, 0.3) is 0 Å². The van der Waals surface area contributed by atoms with Crippen molar-refractivity contribution >= 4 is 24.0 Å². The molecule has 0 bridgehead atoms. The Morgan fingerprint density at radius 1 is 1.35 bits per heavy atom. The molecule has 0 spiro atoms. The SMILES string of the molecule is CCc1cc(OC2CCNCC2)ccc1Cl.Cl. The summed E-state index contributed by atoms with van der Waals surface area (Å²) in [6.45, 7) is 4.22. The third-order valence-corrected chi connectivity index (χ3v) is 3.36. The van der Waals surface area contributed by atoms with Crippen LogP contribution in [0.5, 0.6) is 5.75 Å². The predicted octanol–water partition coefficient (Wildman–Crippen LogP) is 3.46. The molecule has 0 aromatic heterocycles. The second-order valence-corrected chi connectivity index (χ2v) is 4.58. The highest BCUT2D eigenvalue weighted by atomic mass is 35.5. The van der Waals surface area contributed by atoms with Gasteiger partial charge in [0.05, 0.1) is 0 Å². The number of hydrogen-bond acceptors (Lipinski definition) is 2. The Morgan fingerprint density at radius 2 is 2.06 bits per heavy atom. The molecular formula is C13H19Cl2NO. The number of ether oxygens (including phenoxy) is 1. The van der Waals surface area contributed by atoms with Gasteiger partial charge >= 0.3 is 0 Å². The predicted molar refractivity (Wildman–Crippen MR) is 74.6 cm³/mol. The van der Waals surface area contributed by atoms with Gasteiger partial charge in [0.1, 0.15) is 11.9 Å². The zero-order valence-electron chi connectivity index (χ0n) is 10.0. The summed E-state index contributed by atoms with van der Waals surface area (Å²) in [5.41, 5.74) is 1.16. The average Bonchev–Trinajstić information content (AvgIpc) is 2.33. The summed E-state index contributed by atoms with van der Waals surface area (Å²) in [5.74, 6) is 0.952. The second kappa shape index (κ2) is 7.10. The van der Waals surface area contributed by atoms with Crippen molar-refractivity contribution in [3.8, 4) is 5.75 Å². The van der Waals surface area contributed by atoms with E-state index in [-0.39, 0.29) is 12.4 Å². The van der Waals surface area contributed by atoms with Crippen molar-refractivity contribution in [2.45, 2.75) is 32.3 Å². The molecule has 1 aliphatic rings. The van der Waals surface area contributed by atoms with Crippen molar-refractivity contribution < 1.29 is 4.74 Å². The van der Waals surface area contributed by atoms with E-state index in [0.717, 1.165) is 48.7 Å². The van der Waals surface area contributed by atoms with E-state index >= 15 is 0 Å². The summed E-state index contributed by atoms with van der Waals surface area (Å²) in [4.78, 5) is 0. The van der Waals surface area contributed by atoms with E-state index in [1.807, 2.05) is 12.1 Å². The molecular weight excluding hydrogens is 257 g/mol. The van der Waals surface area contributed by atoms with Crippen LogP contribution in [-0.2, 0) is 6.42 Å². The number of rotatable bonds is 3. The molecule has 0 aliphatic carbocycles. The molecule has 1 N–H and O–H groups in total. The van der Waals surface area contributed by atoms with Gasteiger partial charge in [0.15, 0.2) is 0 Å². The Labute approximate surface area is 114 Å². The van der Waals surface area contributed by atoms with Crippen molar-refractivity contribution in [3.63, 3.8) is 0 Å². The second-order valence-electron chi connectivity index (χ2n) is 4.17. The Morgan fingerprint density at radius 3 is 2.71 bits per heavy atom. The first-order valence-corrected chi connectivity index (χ1v) is 6.33. The number of piperidine rings is 1. The number of halogens is 2. The standard InChI is InChI=1S/C13H18ClNO.ClH/c1-2-10-9-12(3-4-13(10)14)16-11-5-7-15-8-6-11;/h3-4,9,11,15H,2,5-8H2,1H3;1H. The van der Waals surface area contributed by atoms with Gasteiger partial charge in [-0.3, -0.25) is 0 Å². The molecule has 1 aromatic rings. The first kappa shape index (κ1) is 14.6. The maximum absolute atomic E-state index is 6.07. The maximum Gasteiger partial charge on any atom is 0.120 e. The van der Waals surface area contributed by atoms with Crippen molar-refractivity contribution in [1.29, 1.82) is 0 Å². The summed E-state index contributed by atoms with van der Waals surface area (Å²) in [6, 6.07) is 5.95. The largest absolute Gasteiger partial charge is 0.490 e. The van der Waals surface area contributed by atoms with Gasteiger partial charge in [-0.15, -0.1) is 12.4 Å². The fourth-order valence-electron chi connectivity index (χ4n) is 2.00. The van der Waals surface area contributed by atoms with Crippen molar-refractivity contribution in [1.82, 2.24) is 5.32 Å². The molecule has 0 unspecified atom stereocenters. The van der Waals surface area contributed by atoms with E-state index in [2.05, 4.69) is 18.3 Å². The molecule has 0 amide bonds. The van der Waals surface area contributed by atoms with Crippen molar-refractivity contribution in [2.75, 3.05) is 13.1 Å². The summed E-state index contributed by atoms with van der Waals surface area (Å²) < 4.78 is 5.95. The van der Waals surface area contributed by atoms with E-state index in [1.165, 1.54) is 0 Å². The monoisotopic (exact) mass is 275 g/mol. The number of aryl methyl sites for hydroxylation is 1. The molecule has 2 rings (SSSR count). The fourth-order valence-corrected chi connectivity index (χ4v) is 2.25. The Kier molecular flexibility index (Phi) is 6.10. The van der Waals surface area contributed by atoms with Gasteiger partial charge in [0, 0.05) is 5.02 Å². The minimum atomic E-state index is 0. The fraction of sp³-hybridized carbons (Fsp3) is 0.538. The molecule has 2 nitrogen and oxygen atoms in total. The van der Waals surface area contributed by atoms with Crippen LogP contribution in [0.2, 0.25) is 5.02 Å². The molecule has 1 heterocycles. The summed E-state index contributed by atoms with van der Waals surface area (Å²) in [6.07, 6.45) is 3.48. The zero-order valence-corrected chi connectivity index (χ0v) is 11.6. The lowest BCUT2D eigenvalue weighted by molar-refractivity contribution is 0.162. The topological polar surface area (TPSA) is 21.3 Å². The molecule has 96 valence electrons. The summed E-state index contributed by atoms with van der Waals surface area (Å²) >= 11 is 6.07. The van der Waals surface area contributed by atoms with Crippen LogP contribution in [-0.4, -0.2) is 19.2 Å². The molecule has 1 saturated heterocycles. The quantitative estimate of drug-likeness (QED) is 0.913. The van der Waals surface area contributed by atoms with E-state index in [9.17, 15) is 0 Å². The van der Waals surface area contributed by atoms with E-state index in [4.69, 9.17) is 16.3 Å². The first-order chi connectivity index (χ1) is 7.79. The lowest BCUT2D eigenvalue weighted by atomic mass is 10.1. The Balaban J connectivity index is 0.00000144. The lowest BCUT2D eigenvalue weighted by Gasteiger charge is -2.24. The molecule has 1 aliphatic heterocycles. The molecule has 0 atom stereocenters. The minimum Gasteiger partial charge on any atom is -0.490 e. The van der Waals surface area contributed by atoms with Crippen LogP contribution in [0.15, 0.2) is 18.2 Å². The number of hydrogen-bond donors (Lipinski definition) is 1. The highest BCUT2D eigenvalue weighted by Crippen LogP contribution is 2.24. The van der Waals surface area contributed by atoms with E-state index in [1.54, 1.807) is 0 Å². The van der Waals surface area contributed by atoms with Gasteiger partial charge in [-0.05, 0) is 56.1 Å². The summed E-state index contributed by atoms with van der Waals surface area (Å²) in [5, 5.41) is 4.16. The lowest BCUT2D eigenvalue weighted by Crippen LogP contribution is -2.34. The van der Waals surface area contributed by atoms with Crippen LogP contribution in [0, 0.1) is 0 Å². The third-order valence-electron chi connectivity index (χ3n) is 2.99. The molecule has 1 fully saturated rings. The first-order valence-electron chi connectivity index (χ1n) is 5.95. The van der Waals surface area contributed by atoms with E-state index in [0.29, 0.717) is 6.10 Å². The third kappa shape index (κ3) is 4.06. The van der Waals surface area contributed by atoms with Gasteiger partial charge in [0.2, 0.25) is 0 Å². The van der Waals surface area contributed by atoms with Gasteiger partial charge in [-0.1, -0.05) is 18.5 Å². The van der Waals surface area contributed by atoms with E-state index < -0.39 is 0 Å². The Bertz CT molecular complexity index is 351. The maximum atomic E-state index is 6.07. The summed E-state index contributed by atoms with van der Waals surface area (Å²) in [7, 11) is 0. The molecule has 1 aromatic carbocycles. The van der Waals surface area contributed by atoms with Crippen LogP contribution < -0.4 is 10.1 Å². The number of nitrogens with one attached hydrogen (secondary N) is 1. The number of benzene rings is 1. The normalized spacial score (nSPS) is 16.4. The van der Waals surface area contributed by atoms with Crippen LogP contribution in [0.1, 0.15) is 25.3 Å². The Hall–Kier alpha value is -0.440. The molecule has 0 radical (unpaired) electrons.